The lowest BCUT2D eigenvalue weighted by Gasteiger charge is -2.25. The second-order valence-electron chi connectivity index (χ2n) is 4.70. The van der Waals surface area contributed by atoms with E-state index in [1.807, 2.05) is 55.5 Å². The fourth-order valence-electron chi connectivity index (χ4n) is 1.86. The van der Waals surface area contributed by atoms with E-state index >= 15 is 0 Å². The molecule has 0 radical (unpaired) electrons. The molecule has 0 saturated carbocycles. The lowest BCUT2D eigenvalue weighted by Crippen LogP contribution is -2.34. The number of rotatable bonds is 5. The third kappa shape index (κ3) is 3.34. The molecule has 0 fully saturated rings. The zero-order valence-corrected chi connectivity index (χ0v) is 10.7. The fourth-order valence-corrected chi connectivity index (χ4v) is 1.86. The Hall–Kier alpha value is -1.80. The lowest BCUT2D eigenvalue weighted by molar-refractivity contribution is 0.267. The van der Waals surface area contributed by atoms with Crippen LogP contribution in [0, 0.1) is 0 Å². The van der Waals surface area contributed by atoms with Crippen LogP contribution in [0.4, 0.5) is 0 Å². The summed E-state index contributed by atoms with van der Waals surface area (Å²) in [6.45, 7) is 2.66. The standard InChI is InChI=1S/C16H19NO/c1-16(17,14-8-4-2-5-9-14)12-13-18-15-10-6-3-7-11-15/h2-11H,12-13,17H2,1H3. The third-order valence-corrected chi connectivity index (χ3v) is 3.07. The molecule has 0 heterocycles. The number of benzene rings is 2. The van der Waals surface area contributed by atoms with Gasteiger partial charge in [-0.3, -0.25) is 0 Å². The van der Waals surface area contributed by atoms with Crippen molar-refractivity contribution < 1.29 is 4.74 Å². The smallest absolute Gasteiger partial charge is 0.119 e. The highest BCUT2D eigenvalue weighted by molar-refractivity contribution is 5.23. The molecule has 2 aromatic carbocycles. The van der Waals surface area contributed by atoms with E-state index in [2.05, 4.69) is 12.1 Å². The van der Waals surface area contributed by atoms with E-state index in [-0.39, 0.29) is 5.54 Å². The van der Waals surface area contributed by atoms with Gasteiger partial charge >= 0.3 is 0 Å². The zero-order chi connectivity index (χ0) is 12.8. The van der Waals surface area contributed by atoms with Crippen molar-refractivity contribution in [3.05, 3.63) is 66.2 Å². The first-order valence-corrected chi connectivity index (χ1v) is 6.21. The summed E-state index contributed by atoms with van der Waals surface area (Å²) in [6, 6.07) is 20.0. The minimum Gasteiger partial charge on any atom is -0.494 e. The van der Waals surface area contributed by atoms with Crippen LogP contribution in [0.5, 0.6) is 5.75 Å². The van der Waals surface area contributed by atoms with Gasteiger partial charge in [-0.15, -0.1) is 0 Å². The van der Waals surface area contributed by atoms with Crippen LogP contribution in [0.1, 0.15) is 18.9 Å². The van der Waals surface area contributed by atoms with Gasteiger partial charge < -0.3 is 10.5 Å². The van der Waals surface area contributed by atoms with Gasteiger partial charge in [0, 0.05) is 12.0 Å². The van der Waals surface area contributed by atoms with E-state index in [0.29, 0.717) is 6.61 Å². The predicted octanol–water partition coefficient (Wildman–Crippen LogP) is 3.33. The van der Waals surface area contributed by atoms with Gasteiger partial charge in [-0.2, -0.15) is 0 Å². The van der Waals surface area contributed by atoms with Gasteiger partial charge in [0.2, 0.25) is 0 Å². The molecule has 0 aromatic heterocycles. The average molecular weight is 241 g/mol. The first kappa shape index (κ1) is 12.7. The summed E-state index contributed by atoms with van der Waals surface area (Å²) in [5, 5.41) is 0. The average Bonchev–Trinajstić information content (AvgIpc) is 2.41. The lowest BCUT2D eigenvalue weighted by atomic mass is 9.90. The molecule has 2 N–H and O–H groups in total. The molecule has 2 heteroatoms. The van der Waals surface area contributed by atoms with Crippen LogP contribution in [-0.2, 0) is 5.54 Å². The summed E-state index contributed by atoms with van der Waals surface area (Å²) < 4.78 is 5.68. The maximum Gasteiger partial charge on any atom is 0.119 e. The highest BCUT2D eigenvalue weighted by Gasteiger charge is 2.20. The summed E-state index contributed by atoms with van der Waals surface area (Å²) in [5.74, 6) is 0.890. The molecule has 94 valence electrons. The largest absolute Gasteiger partial charge is 0.494 e. The van der Waals surface area contributed by atoms with Crippen LogP contribution in [0.2, 0.25) is 0 Å². The summed E-state index contributed by atoms with van der Waals surface area (Å²) in [6.07, 6.45) is 0.784. The van der Waals surface area contributed by atoms with Crippen molar-refractivity contribution in [2.75, 3.05) is 6.61 Å². The van der Waals surface area contributed by atoms with E-state index in [4.69, 9.17) is 10.5 Å². The zero-order valence-electron chi connectivity index (χ0n) is 10.7. The predicted molar refractivity (Wildman–Crippen MR) is 74.5 cm³/mol. The second-order valence-corrected chi connectivity index (χ2v) is 4.70. The normalized spacial score (nSPS) is 13.9. The molecule has 2 aromatic rings. The molecule has 1 unspecified atom stereocenters. The Morgan fingerprint density at radius 1 is 0.944 bits per heavy atom. The van der Waals surface area contributed by atoms with E-state index in [9.17, 15) is 0 Å². The Labute approximate surface area is 108 Å². The van der Waals surface area contributed by atoms with Gasteiger partial charge in [0.15, 0.2) is 0 Å². The van der Waals surface area contributed by atoms with Crippen LogP contribution in [-0.4, -0.2) is 6.61 Å². The number of hydrogen-bond acceptors (Lipinski definition) is 2. The van der Waals surface area contributed by atoms with Crippen LogP contribution in [0.15, 0.2) is 60.7 Å². The molecule has 2 nitrogen and oxygen atoms in total. The van der Waals surface area contributed by atoms with Crippen molar-refractivity contribution in [2.24, 2.45) is 5.73 Å². The van der Waals surface area contributed by atoms with Crippen molar-refractivity contribution >= 4 is 0 Å². The monoisotopic (exact) mass is 241 g/mol. The molecular formula is C16H19NO. The Balaban J connectivity index is 1.90. The fraction of sp³-hybridized carbons (Fsp3) is 0.250. The molecule has 1 atom stereocenters. The van der Waals surface area contributed by atoms with Crippen LogP contribution in [0.3, 0.4) is 0 Å². The van der Waals surface area contributed by atoms with Gasteiger partial charge in [-0.05, 0) is 24.6 Å². The first-order chi connectivity index (χ1) is 8.68. The first-order valence-electron chi connectivity index (χ1n) is 6.21. The van der Waals surface area contributed by atoms with E-state index < -0.39 is 0 Å². The maximum absolute atomic E-state index is 6.32. The van der Waals surface area contributed by atoms with Crippen LogP contribution >= 0.6 is 0 Å². The van der Waals surface area contributed by atoms with E-state index in [1.165, 1.54) is 0 Å². The molecule has 2 rings (SSSR count). The molecule has 0 aliphatic rings. The molecular weight excluding hydrogens is 222 g/mol. The molecule has 0 spiro atoms. The van der Waals surface area contributed by atoms with Gasteiger partial charge in [0.05, 0.1) is 6.61 Å². The summed E-state index contributed by atoms with van der Waals surface area (Å²) in [7, 11) is 0. The minimum absolute atomic E-state index is 0.351. The summed E-state index contributed by atoms with van der Waals surface area (Å²) >= 11 is 0. The van der Waals surface area contributed by atoms with Gasteiger partial charge in [0.1, 0.15) is 5.75 Å². The second kappa shape index (κ2) is 5.69. The molecule has 0 aliphatic heterocycles. The van der Waals surface area contributed by atoms with E-state index in [1.54, 1.807) is 0 Å². The summed E-state index contributed by atoms with van der Waals surface area (Å²) in [5.41, 5.74) is 7.11. The van der Waals surface area contributed by atoms with Crippen molar-refractivity contribution in [2.45, 2.75) is 18.9 Å². The molecule has 0 saturated heterocycles. The van der Waals surface area contributed by atoms with Crippen molar-refractivity contribution in [3.63, 3.8) is 0 Å². The Morgan fingerprint density at radius 3 is 2.11 bits per heavy atom. The van der Waals surface area contributed by atoms with Crippen molar-refractivity contribution in [1.82, 2.24) is 0 Å². The third-order valence-electron chi connectivity index (χ3n) is 3.07. The van der Waals surface area contributed by atoms with Crippen molar-refractivity contribution in [1.29, 1.82) is 0 Å². The maximum atomic E-state index is 6.32. The van der Waals surface area contributed by atoms with Gasteiger partial charge in [0.25, 0.3) is 0 Å². The molecule has 0 amide bonds. The number of ether oxygens (including phenoxy) is 1. The summed E-state index contributed by atoms with van der Waals surface area (Å²) in [4.78, 5) is 0. The van der Waals surface area contributed by atoms with Crippen molar-refractivity contribution in [3.8, 4) is 5.75 Å². The number of para-hydroxylation sites is 1. The van der Waals surface area contributed by atoms with E-state index in [0.717, 1.165) is 17.7 Å². The Kier molecular flexibility index (Phi) is 4.00. The highest BCUT2D eigenvalue weighted by Crippen LogP contribution is 2.21. The molecule has 18 heavy (non-hydrogen) atoms. The van der Waals surface area contributed by atoms with Crippen LogP contribution < -0.4 is 10.5 Å². The van der Waals surface area contributed by atoms with Gasteiger partial charge in [-0.25, -0.2) is 0 Å². The number of nitrogens with two attached hydrogens (primary N) is 1. The molecule has 0 bridgehead atoms. The SMILES string of the molecule is CC(N)(CCOc1ccccc1)c1ccccc1. The molecule has 0 aliphatic carbocycles. The quantitative estimate of drug-likeness (QED) is 0.871. The topological polar surface area (TPSA) is 35.2 Å². The Bertz CT molecular complexity index is 465. The number of hydrogen-bond donors (Lipinski definition) is 1. The minimum atomic E-state index is -0.351. The highest BCUT2D eigenvalue weighted by atomic mass is 16.5. The Morgan fingerprint density at radius 2 is 1.50 bits per heavy atom. The van der Waals surface area contributed by atoms with Gasteiger partial charge in [-0.1, -0.05) is 48.5 Å². The van der Waals surface area contributed by atoms with Crippen LogP contribution in [0.25, 0.3) is 0 Å².